The highest BCUT2D eigenvalue weighted by molar-refractivity contribution is 8.15. The van der Waals surface area contributed by atoms with Crippen molar-refractivity contribution < 1.29 is 23.5 Å². The highest BCUT2D eigenvalue weighted by Gasteiger charge is 2.43. The van der Waals surface area contributed by atoms with E-state index in [0.29, 0.717) is 41.0 Å². The van der Waals surface area contributed by atoms with Crippen LogP contribution in [-0.4, -0.2) is 52.0 Å². The van der Waals surface area contributed by atoms with Crippen molar-refractivity contribution in [2.24, 2.45) is 9.98 Å². The van der Waals surface area contributed by atoms with Crippen LogP contribution in [0.25, 0.3) is 0 Å². The number of carbonyl (C=O) groups excluding carboxylic acids is 3. The second-order valence-electron chi connectivity index (χ2n) is 9.19. The van der Waals surface area contributed by atoms with E-state index in [4.69, 9.17) is 14.1 Å². The minimum absolute atomic E-state index is 0.101. The highest BCUT2D eigenvalue weighted by atomic mass is 32.2. The molecular formula is C29H29N5O5S. The predicted molar refractivity (Wildman–Crippen MR) is 152 cm³/mol. The minimum atomic E-state index is -0.893. The third-order valence-electron chi connectivity index (χ3n) is 6.50. The standard InChI is InChI=1S/C29H29N5O5S/c1-3-24(27(36)31-17-20-7-6-14-39-20)40-29-33-22-9-5-4-8-21(22)26-32-23(28(37)34(26)29)15-25(35)30-16-18-10-12-19(38-2)13-11-18/h4-14,23-24H,3,15-17H2,1-2H3,(H,30,35)(H,31,36)/t23-,24-/m0/s1. The Kier molecular flexibility index (Phi) is 8.30. The van der Waals surface area contributed by atoms with Gasteiger partial charge >= 0.3 is 0 Å². The Morgan fingerprint density at radius 2 is 1.88 bits per heavy atom. The zero-order valence-electron chi connectivity index (χ0n) is 22.1. The summed E-state index contributed by atoms with van der Waals surface area (Å²) in [6, 6.07) is 17.4. The molecule has 0 saturated heterocycles. The van der Waals surface area contributed by atoms with E-state index in [1.54, 1.807) is 25.5 Å². The highest BCUT2D eigenvalue weighted by Crippen LogP contribution is 2.35. The molecule has 5 rings (SSSR count). The van der Waals surface area contributed by atoms with Crippen LogP contribution >= 0.6 is 11.8 Å². The number of nitrogens with zero attached hydrogens (tertiary/aromatic N) is 3. The van der Waals surface area contributed by atoms with Gasteiger partial charge in [0.1, 0.15) is 23.4 Å². The van der Waals surface area contributed by atoms with E-state index in [-0.39, 0.29) is 30.7 Å². The lowest BCUT2D eigenvalue weighted by Crippen LogP contribution is -2.43. The molecule has 1 aromatic heterocycles. The van der Waals surface area contributed by atoms with Gasteiger partial charge in [0.2, 0.25) is 11.8 Å². The molecule has 0 unspecified atom stereocenters. The van der Waals surface area contributed by atoms with Crippen LogP contribution in [0.5, 0.6) is 5.75 Å². The first-order valence-electron chi connectivity index (χ1n) is 12.9. The van der Waals surface area contributed by atoms with Gasteiger partial charge in [-0.3, -0.25) is 19.4 Å². The van der Waals surface area contributed by atoms with Gasteiger partial charge in [0.25, 0.3) is 5.91 Å². The molecule has 0 spiro atoms. The van der Waals surface area contributed by atoms with E-state index in [9.17, 15) is 14.4 Å². The smallest absolute Gasteiger partial charge is 0.259 e. The number of carbonyl (C=O) groups is 3. The fourth-order valence-electron chi connectivity index (χ4n) is 4.36. The Labute approximate surface area is 235 Å². The third-order valence-corrected chi connectivity index (χ3v) is 7.82. The summed E-state index contributed by atoms with van der Waals surface area (Å²) in [4.78, 5) is 50.1. The number of para-hydroxylation sites is 1. The van der Waals surface area contributed by atoms with Gasteiger partial charge in [-0.15, -0.1) is 0 Å². The Balaban J connectivity index is 1.29. The lowest BCUT2D eigenvalue weighted by Gasteiger charge is -2.27. The van der Waals surface area contributed by atoms with Gasteiger partial charge in [-0.2, -0.15) is 0 Å². The number of hydrogen-bond acceptors (Lipinski definition) is 8. The maximum absolute atomic E-state index is 13.6. The van der Waals surface area contributed by atoms with Crippen LogP contribution in [0.15, 0.2) is 81.3 Å². The first kappa shape index (κ1) is 27.2. The van der Waals surface area contributed by atoms with Crippen molar-refractivity contribution in [1.82, 2.24) is 15.5 Å². The monoisotopic (exact) mass is 559 g/mol. The SMILES string of the molecule is CC[C@H](SC1=Nc2ccccc2C2=N[C@@H](CC(=O)NCc3ccc(OC)cc3)C(=O)N12)C(=O)NCc1ccco1. The third kappa shape index (κ3) is 5.94. The molecule has 3 amide bonds. The maximum atomic E-state index is 13.6. The Hall–Kier alpha value is -4.38. The van der Waals surface area contributed by atoms with Crippen LogP contribution in [0.1, 0.15) is 36.7 Å². The van der Waals surface area contributed by atoms with Crippen LogP contribution in [-0.2, 0) is 27.5 Å². The number of amides is 3. The summed E-state index contributed by atoms with van der Waals surface area (Å²) < 4.78 is 10.5. The Bertz CT molecular complexity index is 1450. The molecule has 10 nitrogen and oxygen atoms in total. The van der Waals surface area contributed by atoms with Crippen molar-refractivity contribution >= 4 is 46.2 Å². The number of nitrogens with one attached hydrogen (secondary N) is 2. The molecule has 2 aliphatic heterocycles. The molecule has 0 radical (unpaired) electrons. The van der Waals surface area contributed by atoms with Gasteiger partial charge in [0.05, 0.1) is 37.3 Å². The molecule has 2 aliphatic rings. The summed E-state index contributed by atoms with van der Waals surface area (Å²) in [7, 11) is 1.59. The van der Waals surface area contributed by atoms with Crippen molar-refractivity contribution in [2.75, 3.05) is 7.11 Å². The number of benzene rings is 2. The van der Waals surface area contributed by atoms with Crippen LogP contribution in [0.2, 0.25) is 0 Å². The number of ether oxygens (including phenoxy) is 1. The van der Waals surface area contributed by atoms with E-state index in [1.165, 1.54) is 16.7 Å². The first-order valence-corrected chi connectivity index (χ1v) is 13.8. The van der Waals surface area contributed by atoms with Crippen LogP contribution in [0.4, 0.5) is 5.69 Å². The summed E-state index contributed by atoms with van der Waals surface area (Å²) in [6.07, 6.45) is 1.97. The molecule has 40 heavy (non-hydrogen) atoms. The van der Waals surface area contributed by atoms with Gasteiger partial charge in [-0.1, -0.05) is 43.0 Å². The van der Waals surface area contributed by atoms with Crippen LogP contribution in [0.3, 0.4) is 0 Å². The second kappa shape index (κ2) is 12.2. The number of methoxy groups -OCH3 is 1. The van der Waals surface area contributed by atoms with Gasteiger partial charge in [0, 0.05) is 12.1 Å². The molecule has 0 aliphatic carbocycles. The zero-order valence-corrected chi connectivity index (χ0v) is 22.9. The maximum Gasteiger partial charge on any atom is 0.259 e. The van der Waals surface area contributed by atoms with Crippen LogP contribution < -0.4 is 15.4 Å². The van der Waals surface area contributed by atoms with Gasteiger partial charge < -0.3 is 19.8 Å². The van der Waals surface area contributed by atoms with Gasteiger partial charge in [-0.25, -0.2) is 9.89 Å². The second-order valence-corrected chi connectivity index (χ2v) is 10.4. The summed E-state index contributed by atoms with van der Waals surface area (Å²) in [6.45, 7) is 2.49. The summed E-state index contributed by atoms with van der Waals surface area (Å²) >= 11 is 1.21. The molecule has 11 heteroatoms. The fraction of sp³-hybridized carbons (Fsp3) is 0.276. The van der Waals surface area contributed by atoms with E-state index in [0.717, 1.165) is 11.3 Å². The molecular weight excluding hydrogens is 530 g/mol. The molecule has 2 aromatic carbocycles. The molecule has 2 N–H and O–H groups in total. The molecule has 206 valence electrons. The van der Waals surface area contributed by atoms with Crippen molar-refractivity contribution in [3.05, 3.63) is 83.8 Å². The van der Waals surface area contributed by atoms with Crippen molar-refractivity contribution in [2.45, 2.75) is 44.1 Å². The normalized spacial score (nSPS) is 16.4. The summed E-state index contributed by atoms with van der Waals surface area (Å²) in [5, 5.41) is 5.61. The van der Waals surface area contributed by atoms with E-state index in [1.807, 2.05) is 55.5 Å². The fourth-order valence-corrected chi connectivity index (χ4v) is 5.40. The number of fused-ring (bicyclic) bond motifs is 3. The number of rotatable bonds is 10. The quantitative estimate of drug-likeness (QED) is 0.390. The topological polar surface area (TPSA) is 126 Å². The van der Waals surface area contributed by atoms with E-state index < -0.39 is 11.3 Å². The predicted octanol–water partition coefficient (Wildman–Crippen LogP) is 3.78. The van der Waals surface area contributed by atoms with Gasteiger partial charge in [0.15, 0.2) is 5.17 Å². The molecule has 3 heterocycles. The summed E-state index contributed by atoms with van der Waals surface area (Å²) in [5.41, 5.74) is 2.27. The lowest BCUT2D eigenvalue weighted by molar-refractivity contribution is -0.128. The van der Waals surface area contributed by atoms with Crippen molar-refractivity contribution in [3.63, 3.8) is 0 Å². The number of thioether (sulfide) groups is 1. The Morgan fingerprint density at radius 1 is 1.07 bits per heavy atom. The largest absolute Gasteiger partial charge is 0.497 e. The number of amidine groups is 2. The molecule has 0 bridgehead atoms. The average molecular weight is 560 g/mol. The minimum Gasteiger partial charge on any atom is -0.497 e. The number of furan rings is 1. The number of hydrogen-bond donors (Lipinski definition) is 2. The van der Waals surface area contributed by atoms with Crippen molar-refractivity contribution in [1.29, 1.82) is 0 Å². The molecule has 0 saturated carbocycles. The average Bonchev–Trinajstić information content (AvgIpc) is 3.62. The van der Waals surface area contributed by atoms with E-state index >= 15 is 0 Å². The molecule has 0 fully saturated rings. The zero-order chi connectivity index (χ0) is 28.1. The summed E-state index contributed by atoms with van der Waals surface area (Å²) in [5.74, 6) is 0.995. The first-order chi connectivity index (χ1) is 19.5. The molecule has 2 atom stereocenters. The van der Waals surface area contributed by atoms with E-state index in [2.05, 4.69) is 15.6 Å². The van der Waals surface area contributed by atoms with Crippen LogP contribution in [0, 0.1) is 0 Å². The van der Waals surface area contributed by atoms with Crippen molar-refractivity contribution in [3.8, 4) is 5.75 Å². The number of aliphatic imine (C=N–C) groups is 2. The van der Waals surface area contributed by atoms with Gasteiger partial charge in [-0.05, 0) is 48.4 Å². The Morgan fingerprint density at radius 3 is 2.60 bits per heavy atom. The lowest BCUT2D eigenvalue weighted by atomic mass is 10.1. The molecule has 3 aromatic rings.